The van der Waals surface area contributed by atoms with Crippen LogP contribution in [0.15, 0.2) is 72.9 Å². The van der Waals surface area contributed by atoms with Gasteiger partial charge >= 0.3 is 0 Å². The molecule has 0 aliphatic carbocycles. The molecule has 0 bridgehead atoms. The Morgan fingerprint density at radius 1 is 0.493 bits per heavy atom. The van der Waals surface area contributed by atoms with Gasteiger partial charge in [-0.2, -0.15) is 0 Å². The van der Waals surface area contributed by atoms with Crippen molar-refractivity contribution in [2.45, 2.75) is 276 Å². The molecule has 0 aromatic carbocycles. The molecule has 0 heterocycles. The molecule has 0 fully saturated rings. The predicted molar refractivity (Wildman–Crippen MR) is 307 cm³/mol. The smallest absolute Gasteiger partial charge is 0.268 e. The first-order valence-corrected chi connectivity index (χ1v) is 31.3. The standard InChI is InChI=1S/C62H115N2O6P/c1-6-8-10-12-14-16-18-20-22-24-26-28-30-31-32-34-35-37-39-41-43-45-47-49-51-53-55-61(65)60(59-70-71(67,68)69-58-57-64(3,4)5)63-62(66)56-54-52-50-48-46-44-42-40-38-36-33-29-27-25-23-21-19-17-15-13-11-9-7-2/h19,21,25,27,33,36-37,39,45,47,53,55,60-61,65H,6-18,20,22-24,26,28-32,34-35,38,40-44,46,48-52,54,56-59H2,1-5H3,(H-,63,66,67,68)/b21-19-,27-25-,36-33-,39-37+,47-45+,55-53+. The number of phosphoric ester groups is 1. The largest absolute Gasteiger partial charge is 0.756 e. The van der Waals surface area contributed by atoms with Gasteiger partial charge in [0.2, 0.25) is 5.91 Å². The molecule has 0 saturated carbocycles. The van der Waals surface area contributed by atoms with E-state index in [-0.39, 0.29) is 12.5 Å². The second kappa shape index (κ2) is 52.8. The number of likely N-dealkylation sites (N-methyl/N-ethyl adjacent to an activating group) is 1. The second-order valence-electron chi connectivity index (χ2n) is 21.3. The lowest BCUT2D eigenvalue weighted by Crippen LogP contribution is -2.45. The number of rotatable bonds is 54. The average molecular weight is 1020 g/mol. The number of hydrogen-bond donors (Lipinski definition) is 2. The van der Waals surface area contributed by atoms with E-state index in [1.165, 1.54) is 173 Å². The van der Waals surface area contributed by atoms with E-state index in [0.717, 1.165) is 70.6 Å². The number of hydrogen-bond acceptors (Lipinski definition) is 6. The molecule has 2 N–H and O–H groups in total. The first-order chi connectivity index (χ1) is 34.5. The number of nitrogens with zero attached hydrogens (tertiary/aromatic N) is 1. The summed E-state index contributed by atoms with van der Waals surface area (Å²) < 4.78 is 23.3. The van der Waals surface area contributed by atoms with Gasteiger partial charge in [-0.25, -0.2) is 0 Å². The van der Waals surface area contributed by atoms with Crippen LogP contribution in [0.2, 0.25) is 0 Å². The van der Waals surface area contributed by atoms with Crippen LogP contribution in [0.3, 0.4) is 0 Å². The summed E-state index contributed by atoms with van der Waals surface area (Å²) >= 11 is 0. The maximum absolute atomic E-state index is 13.0. The number of aliphatic hydroxyl groups is 1. The Morgan fingerprint density at radius 2 is 0.831 bits per heavy atom. The molecule has 3 unspecified atom stereocenters. The summed E-state index contributed by atoms with van der Waals surface area (Å²) in [7, 11) is 1.23. The third-order valence-corrected chi connectivity index (χ3v) is 14.1. The maximum Gasteiger partial charge on any atom is 0.268 e. The van der Waals surface area contributed by atoms with Crippen LogP contribution in [0.5, 0.6) is 0 Å². The van der Waals surface area contributed by atoms with Gasteiger partial charge in [-0.05, 0) is 83.5 Å². The van der Waals surface area contributed by atoms with Crippen LogP contribution in [-0.2, 0) is 18.4 Å². The number of nitrogens with one attached hydrogen (secondary N) is 1. The van der Waals surface area contributed by atoms with Gasteiger partial charge in [-0.15, -0.1) is 0 Å². The molecule has 1 amide bonds. The molecule has 3 atom stereocenters. The van der Waals surface area contributed by atoms with Crippen molar-refractivity contribution in [1.29, 1.82) is 0 Å². The van der Waals surface area contributed by atoms with E-state index in [1.807, 2.05) is 27.2 Å². The fraction of sp³-hybridized carbons (Fsp3) is 0.790. The quantitative estimate of drug-likeness (QED) is 0.0272. The first-order valence-electron chi connectivity index (χ1n) is 29.8. The number of carbonyl (C=O) groups excluding carboxylic acids is 1. The lowest BCUT2D eigenvalue weighted by molar-refractivity contribution is -0.870. The minimum atomic E-state index is -4.62. The molecule has 0 aromatic rings. The molecule has 414 valence electrons. The van der Waals surface area contributed by atoms with Crippen molar-refractivity contribution in [1.82, 2.24) is 5.32 Å². The molecular weight excluding hydrogens is 900 g/mol. The molecule has 8 nitrogen and oxygen atoms in total. The topological polar surface area (TPSA) is 108 Å². The summed E-state index contributed by atoms with van der Waals surface area (Å²) in [6.07, 6.45) is 72.7. The van der Waals surface area contributed by atoms with Crippen molar-refractivity contribution in [3.05, 3.63) is 72.9 Å². The lowest BCUT2D eigenvalue weighted by atomic mass is 10.0. The van der Waals surface area contributed by atoms with Crippen LogP contribution in [-0.4, -0.2) is 68.5 Å². The number of aliphatic hydroxyl groups excluding tert-OH is 1. The van der Waals surface area contributed by atoms with Crippen LogP contribution < -0.4 is 10.2 Å². The summed E-state index contributed by atoms with van der Waals surface area (Å²) in [5.74, 6) is -0.219. The minimum Gasteiger partial charge on any atom is -0.756 e. The monoisotopic (exact) mass is 1010 g/mol. The van der Waals surface area contributed by atoms with E-state index in [4.69, 9.17) is 9.05 Å². The Bertz CT molecular complexity index is 1380. The van der Waals surface area contributed by atoms with Crippen LogP contribution in [0.4, 0.5) is 0 Å². The number of quaternary nitrogens is 1. The van der Waals surface area contributed by atoms with Crippen molar-refractivity contribution in [2.75, 3.05) is 40.9 Å². The molecule has 0 rings (SSSR count). The Labute approximate surface area is 440 Å². The van der Waals surface area contributed by atoms with Crippen LogP contribution in [0.1, 0.15) is 264 Å². The summed E-state index contributed by atoms with van der Waals surface area (Å²) in [6.45, 7) is 4.62. The van der Waals surface area contributed by atoms with Gasteiger partial charge in [0.05, 0.1) is 39.9 Å². The average Bonchev–Trinajstić information content (AvgIpc) is 3.33. The van der Waals surface area contributed by atoms with E-state index in [0.29, 0.717) is 17.4 Å². The first kappa shape index (κ1) is 68.9. The highest BCUT2D eigenvalue weighted by Gasteiger charge is 2.23. The molecule has 0 saturated heterocycles. The van der Waals surface area contributed by atoms with E-state index in [1.54, 1.807) is 6.08 Å². The lowest BCUT2D eigenvalue weighted by Gasteiger charge is -2.29. The van der Waals surface area contributed by atoms with Gasteiger partial charge < -0.3 is 28.8 Å². The Hall–Kier alpha value is -2.06. The van der Waals surface area contributed by atoms with Gasteiger partial charge in [-0.1, -0.05) is 247 Å². The second-order valence-corrected chi connectivity index (χ2v) is 22.7. The predicted octanol–water partition coefficient (Wildman–Crippen LogP) is 17.6. The SMILES string of the molecule is CCCCCCC/C=C\C/C=C\C/C=C\CCCCCCCCCCC(=O)NC(COP(=O)([O-])OCC[N+](C)(C)C)C(O)/C=C/CC/C=C/CC/C=C/CCCCCCCCCCCCCCCCCC. The molecule has 71 heavy (non-hydrogen) atoms. The van der Waals surface area contributed by atoms with E-state index < -0.39 is 26.6 Å². The number of allylic oxidation sites excluding steroid dienone is 11. The maximum atomic E-state index is 13.0. The van der Waals surface area contributed by atoms with Crippen molar-refractivity contribution < 1.29 is 32.9 Å². The molecule has 0 spiro atoms. The van der Waals surface area contributed by atoms with Crippen molar-refractivity contribution in [2.24, 2.45) is 0 Å². The van der Waals surface area contributed by atoms with Crippen LogP contribution in [0, 0.1) is 0 Å². The molecule has 0 aliphatic rings. The van der Waals surface area contributed by atoms with Gasteiger partial charge in [0, 0.05) is 6.42 Å². The summed E-state index contributed by atoms with van der Waals surface area (Å²) in [5, 5.41) is 13.9. The number of phosphoric acid groups is 1. The Morgan fingerprint density at radius 3 is 1.24 bits per heavy atom. The van der Waals surface area contributed by atoms with E-state index in [9.17, 15) is 19.4 Å². The normalized spacial score (nSPS) is 14.4. The van der Waals surface area contributed by atoms with E-state index in [2.05, 4.69) is 79.9 Å². The zero-order valence-electron chi connectivity index (χ0n) is 47.2. The van der Waals surface area contributed by atoms with Gasteiger partial charge in [0.25, 0.3) is 7.82 Å². The molecule has 0 aromatic heterocycles. The minimum absolute atomic E-state index is 0.0134. The summed E-state index contributed by atoms with van der Waals surface area (Å²) in [5.41, 5.74) is 0. The highest BCUT2D eigenvalue weighted by atomic mass is 31.2. The fourth-order valence-corrected chi connectivity index (χ4v) is 9.15. The third kappa shape index (κ3) is 55.5. The Kier molecular flexibility index (Phi) is 51.3. The zero-order chi connectivity index (χ0) is 52.0. The van der Waals surface area contributed by atoms with E-state index >= 15 is 0 Å². The number of carbonyl (C=O) groups is 1. The zero-order valence-corrected chi connectivity index (χ0v) is 48.1. The molecular formula is C62H115N2O6P. The highest BCUT2D eigenvalue weighted by molar-refractivity contribution is 7.45. The molecule has 0 radical (unpaired) electrons. The van der Waals surface area contributed by atoms with Gasteiger partial charge in [0.15, 0.2) is 0 Å². The summed E-state index contributed by atoms with van der Waals surface area (Å²) in [6, 6.07) is -0.919. The van der Waals surface area contributed by atoms with Gasteiger partial charge in [0.1, 0.15) is 13.2 Å². The highest BCUT2D eigenvalue weighted by Crippen LogP contribution is 2.38. The van der Waals surface area contributed by atoms with Gasteiger partial charge in [-0.3, -0.25) is 9.36 Å². The number of amides is 1. The summed E-state index contributed by atoms with van der Waals surface area (Å²) in [4.78, 5) is 25.5. The van der Waals surface area contributed by atoms with Crippen molar-refractivity contribution in [3.63, 3.8) is 0 Å². The fourth-order valence-electron chi connectivity index (χ4n) is 8.43. The van der Waals surface area contributed by atoms with Crippen molar-refractivity contribution >= 4 is 13.7 Å². The van der Waals surface area contributed by atoms with Crippen LogP contribution in [0.25, 0.3) is 0 Å². The third-order valence-electron chi connectivity index (χ3n) is 13.1. The van der Waals surface area contributed by atoms with Crippen molar-refractivity contribution in [3.8, 4) is 0 Å². The number of unbranched alkanes of at least 4 members (excludes halogenated alkanes) is 31. The Balaban J connectivity index is 4.30. The molecule has 9 heteroatoms. The van der Waals surface area contributed by atoms with Crippen LogP contribution >= 0.6 is 7.82 Å². The molecule has 0 aliphatic heterocycles.